The molecule has 92 valence electrons. The van der Waals surface area contributed by atoms with Crippen molar-refractivity contribution in [3.8, 4) is 6.07 Å². The van der Waals surface area contributed by atoms with Crippen molar-refractivity contribution in [2.24, 2.45) is 11.1 Å². The number of nitrogens with two attached hydrogens (primary N) is 1. The van der Waals surface area contributed by atoms with Crippen LogP contribution in [0.2, 0.25) is 0 Å². The van der Waals surface area contributed by atoms with Crippen LogP contribution in [0.4, 0.5) is 0 Å². The second-order valence-electron chi connectivity index (χ2n) is 5.66. The molecule has 1 fully saturated rings. The molecule has 3 nitrogen and oxygen atoms in total. The zero-order valence-electron chi connectivity index (χ0n) is 10.7. The van der Waals surface area contributed by atoms with Gasteiger partial charge in [-0.15, -0.1) is 0 Å². The van der Waals surface area contributed by atoms with Crippen molar-refractivity contribution >= 4 is 0 Å². The molecule has 2 N–H and O–H groups in total. The number of nitriles is 1. The molecule has 0 amide bonds. The summed E-state index contributed by atoms with van der Waals surface area (Å²) >= 11 is 0. The molecule has 0 aliphatic carbocycles. The smallest absolute Gasteiger partial charge is 0.0683 e. The molecule has 1 saturated heterocycles. The van der Waals surface area contributed by atoms with Gasteiger partial charge in [0.25, 0.3) is 0 Å². The van der Waals surface area contributed by atoms with Crippen molar-refractivity contribution in [2.45, 2.75) is 52.0 Å². The third kappa shape index (κ3) is 4.96. The minimum absolute atomic E-state index is 0.154. The second-order valence-corrected chi connectivity index (χ2v) is 5.66. The first-order chi connectivity index (χ1) is 7.53. The van der Waals surface area contributed by atoms with E-state index in [0.29, 0.717) is 6.04 Å². The molecule has 1 atom stereocenters. The third-order valence-electron chi connectivity index (χ3n) is 3.37. The fourth-order valence-electron chi connectivity index (χ4n) is 2.25. The van der Waals surface area contributed by atoms with Crippen LogP contribution in [0.15, 0.2) is 0 Å². The lowest BCUT2D eigenvalue weighted by Gasteiger charge is -2.30. The van der Waals surface area contributed by atoms with Crippen LogP contribution in [-0.4, -0.2) is 30.6 Å². The Balaban J connectivity index is 2.09. The van der Waals surface area contributed by atoms with E-state index in [2.05, 4.69) is 11.0 Å². The summed E-state index contributed by atoms with van der Waals surface area (Å²) < 4.78 is 0. The Morgan fingerprint density at radius 1 is 1.44 bits per heavy atom. The molecule has 0 saturated carbocycles. The van der Waals surface area contributed by atoms with Gasteiger partial charge in [-0.1, -0.05) is 6.42 Å². The summed E-state index contributed by atoms with van der Waals surface area (Å²) in [6.45, 7) is 7.44. The number of nitrogens with zero attached hydrogens (tertiary/aromatic N) is 2. The molecule has 3 heteroatoms. The van der Waals surface area contributed by atoms with Crippen molar-refractivity contribution in [2.75, 3.05) is 19.6 Å². The molecule has 16 heavy (non-hydrogen) atoms. The van der Waals surface area contributed by atoms with Crippen LogP contribution in [0.25, 0.3) is 0 Å². The Morgan fingerprint density at radius 2 is 2.19 bits per heavy atom. The highest BCUT2D eigenvalue weighted by Crippen LogP contribution is 2.21. The first-order valence-corrected chi connectivity index (χ1v) is 6.43. The van der Waals surface area contributed by atoms with Gasteiger partial charge in [-0.25, -0.2) is 0 Å². The fraction of sp³-hybridized carbons (Fsp3) is 0.923. The van der Waals surface area contributed by atoms with Crippen LogP contribution in [0, 0.1) is 16.7 Å². The van der Waals surface area contributed by atoms with Crippen LogP contribution in [0.1, 0.15) is 46.0 Å². The van der Waals surface area contributed by atoms with Gasteiger partial charge in [0, 0.05) is 12.6 Å². The minimum Gasteiger partial charge on any atom is -0.327 e. The average Bonchev–Trinajstić information content (AvgIpc) is 2.25. The van der Waals surface area contributed by atoms with Crippen LogP contribution in [0.3, 0.4) is 0 Å². The SMILES string of the molecule is CC(C)(C#N)CCCCN1CCC[C@@H](N)C1. The van der Waals surface area contributed by atoms with Crippen LogP contribution < -0.4 is 5.73 Å². The van der Waals surface area contributed by atoms with Gasteiger partial charge in [-0.2, -0.15) is 5.26 Å². The first-order valence-electron chi connectivity index (χ1n) is 6.43. The molecule has 0 aromatic heterocycles. The summed E-state index contributed by atoms with van der Waals surface area (Å²) in [5.74, 6) is 0. The molecule has 1 aliphatic rings. The second kappa shape index (κ2) is 6.22. The maximum absolute atomic E-state index is 8.90. The number of hydrogen-bond acceptors (Lipinski definition) is 3. The molecule has 1 rings (SSSR count). The van der Waals surface area contributed by atoms with Gasteiger partial charge in [0.15, 0.2) is 0 Å². The fourth-order valence-corrected chi connectivity index (χ4v) is 2.25. The van der Waals surface area contributed by atoms with Gasteiger partial charge in [0.1, 0.15) is 0 Å². The van der Waals surface area contributed by atoms with E-state index in [1.807, 2.05) is 13.8 Å². The van der Waals surface area contributed by atoms with E-state index in [9.17, 15) is 0 Å². The monoisotopic (exact) mass is 223 g/mol. The van der Waals surface area contributed by atoms with Gasteiger partial charge < -0.3 is 10.6 Å². The van der Waals surface area contributed by atoms with Crippen molar-refractivity contribution in [1.82, 2.24) is 4.90 Å². The van der Waals surface area contributed by atoms with E-state index >= 15 is 0 Å². The number of hydrogen-bond donors (Lipinski definition) is 1. The van der Waals surface area contributed by atoms with Gasteiger partial charge in [0.2, 0.25) is 0 Å². The quantitative estimate of drug-likeness (QED) is 0.726. The largest absolute Gasteiger partial charge is 0.327 e. The van der Waals surface area contributed by atoms with E-state index in [0.717, 1.165) is 25.9 Å². The molecule has 1 aliphatic heterocycles. The molecular formula is C13H25N3. The highest BCUT2D eigenvalue weighted by Gasteiger charge is 2.18. The van der Waals surface area contributed by atoms with Crippen molar-refractivity contribution < 1.29 is 0 Å². The lowest BCUT2D eigenvalue weighted by molar-refractivity contribution is 0.203. The topological polar surface area (TPSA) is 53.0 Å². The maximum Gasteiger partial charge on any atom is 0.0683 e. The average molecular weight is 223 g/mol. The predicted octanol–water partition coefficient (Wildman–Crippen LogP) is 2.13. The van der Waals surface area contributed by atoms with Crippen molar-refractivity contribution in [1.29, 1.82) is 5.26 Å². The van der Waals surface area contributed by atoms with Gasteiger partial charge in [0.05, 0.1) is 11.5 Å². The summed E-state index contributed by atoms with van der Waals surface area (Å²) in [4.78, 5) is 2.47. The lowest BCUT2D eigenvalue weighted by atomic mass is 9.89. The highest BCUT2D eigenvalue weighted by atomic mass is 15.1. The summed E-state index contributed by atoms with van der Waals surface area (Å²) in [5, 5.41) is 8.90. The Bertz CT molecular complexity index is 242. The normalized spacial score (nSPS) is 23.0. The Morgan fingerprint density at radius 3 is 2.81 bits per heavy atom. The van der Waals surface area contributed by atoms with Crippen LogP contribution in [0.5, 0.6) is 0 Å². The van der Waals surface area contributed by atoms with E-state index in [4.69, 9.17) is 11.0 Å². The third-order valence-corrected chi connectivity index (χ3v) is 3.37. The van der Waals surface area contributed by atoms with Gasteiger partial charge >= 0.3 is 0 Å². The lowest BCUT2D eigenvalue weighted by Crippen LogP contribution is -2.43. The standard InChI is InChI=1S/C13H25N3/c1-13(2,11-14)7-3-4-8-16-9-5-6-12(15)10-16/h12H,3-10,15H2,1-2H3/t12-/m1/s1. The van der Waals surface area contributed by atoms with Crippen LogP contribution in [-0.2, 0) is 0 Å². The van der Waals surface area contributed by atoms with Gasteiger partial charge in [-0.05, 0) is 52.6 Å². The van der Waals surface area contributed by atoms with E-state index in [-0.39, 0.29) is 5.41 Å². The molecule has 0 bridgehead atoms. The zero-order valence-corrected chi connectivity index (χ0v) is 10.7. The number of unbranched alkanes of at least 4 members (excludes halogenated alkanes) is 1. The molecule has 1 heterocycles. The molecule has 0 aromatic carbocycles. The van der Waals surface area contributed by atoms with Gasteiger partial charge in [-0.3, -0.25) is 0 Å². The van der Waals surface area contributed by atoms with Crippen molar-refractivity contribution in [3.63, 3.8) is 0 Å². The summed E-state index contributed by atoms with van der Waals surface area (Å²) in [7, 11) is 0. The Kier molecular flexibility index (Phi) is 5.24. The molecule has 0 aromatic rings. The zero-order chi connectivity index (χ0) is 12.0. The highest BCUT2D eigenvalue weighted by molar-refractivity contribution is 4.91. The van der Waals surface area contributed by atoms with Crippen molar-refractivity contribution in [3.05, 3.63) is 0 Å². The van der Waals surface area contributed by atoms with Crippen LogP contribution >= 0.6 is 0 Å². The molecule has 0 spiro atoms. The van der Waals surface area contributed by atoms with E-state index in [1.54, 1.807) is 0 Å². The predicted molar refractivity (Wildman–Crippen MR) is 66.9 cm³/mol. The summed E-state index contributed by atoms with van der Waals surface area (Å²) in [6, 6.07) is 2.73. The maximum atomic E-state index is 8.90. The number of piperidine rings is 1. The molecule has 0 unspecified atom stereocenters. The summed E-state index contributed by atoms with van der Waals surface area (Å²) in [5.41, 5.74) is 5.78. The molecular weight excluding hydrogens is 198 g/mol. The van der Waals surface area contributed by atoms with E-state index in [1.165, 1.54) is 25.8 Å². The Hall–Kier alpha value is -0.590. The molecule has 0 radical (unpaired) electrons. The minimum atomic E-state index is -0.154. The van der Waals surface area contributed by atoms with E-state index < -0.39 is 0 Å². The number of likely N-dealkylation sites (tertiary alicyclic amines) is 1. The Labute approximate surface area is 99.6 Å². The summed E-state index contributed by atoms with van der Waals surface area (Å²) in [6.07, 6.45) is 5.76. The first kappa shape index (κ1) is 13.5. The number of rotatable bonds is 5.